The summed E-state index contributed by atoms with van der Waals surface area (Å²) >= 11 is 0. The van der Waals surface area contributed by atoms with Crippen LogP contribution in [-0.2, 0) is 19.3 Å². The van der Waals surface area contributed by atoms with Gasteiger partial charge in [0.1, 0.15) is 5.82 Å². The molecule has 1 nitrogen and oxygen atoms in total. The summed E-state index contributed by atoms with van der Waals surface area (Å²) in [7, 11) is 0. The Bertz CT molecular complexity index is 1590. The molecule has 0 saturated carbocycles. The highest BCUT2D eigenvalue weighted by Crippen LogP contribution is 2.49. The number of hydrogen-bond donors (Lipinski definition) is 0. The Kier molecular flexibility index (Phi) is 8.78. The smallest absolute Gasteiger partial charge is 0.162 e. The third kappa shape index (κ3) is 6.33. The molecule has 4 aromatic rings. The van der Waals surface area contributed by atoms with Crippen LogP contribution in [0.15, 0.2) is 104 Å². The fourth-order valence-electron chi connectivity index (χ4n) is 6.32. The molecule has 0 aromatic heterocycles. The SMILES string of the molecule is C=C(c1cccc(F)c1)C1C=C(c2ccc(C)cc2)CC1c1cccc(CCc2cccc(C(=O)CC)c2)c1CC. The topological polar surface area (TPSA) is 17.1 Å². The van der Waals surface area contributed by atoms with Crippen molar-refractivity contribution in [2.24, 2.45) is 5.92 Å². The van der Waals surface area contributed by atoms with Gasteiger partial charge >= 0.3 is 0 Å². The summed E-state index contributed by atoms with van der Waals surface area (Å²) in [5.74, 6) is 0.250. The van der Waals surface area contributed by atoms with E-state index in [2.05, 4.69) is 81.1 Å². The quantitative estimate of drug-likeness (QED) is 0.182. The van der Waals surface area contributed by atoms with E-state index in [0.29, 0.717) is 6.42 Å². The van der Waals surface area contributed by atoms with Crippen LogP contribution in [0.2, 0.25) is 0 Å². The Balaban J connectivity index is 1.48. The van der Waals surface area contributed by atoms with E-state index in [4.69, 9.17) is 0 Å². The molecule has 2 atom stereocenters. The number of allylic oxidation sites excluding steroid dienone is 3. The predicted octanol–water partition coefficient (Wildman–Crippen LogP) is 9.97. The molecule has 0 bridgehead atoms. The predicted molar refractivity (Wildman–Crippen MR) is 170 cm³/mol. The minimum Gasteiger partial charge on any atom is -0.294 e. The molecule has 41 heavy (non-hydrogen) atoms. The van der Waals surface area contributed by atoms with E-state index in [1.54, 1.807) is 12.1 Å². The molecular formula is C39H39FO. The van der Waals surface area contributed by atoms with Gasteiger partial charge < -0.3 is 0 Å². The summed E-state index contributed by atoms with van der Waals surface area (Å²) < 4.78 is 14.2. The lowest BCUT2D eigenvalue weighted by Crippen LogP contribution is -2.12. The van der Waals surface area contributed by atoms with Gasteiger partial charge in [-0.05, 0) is 101 Å². The highest BCUT2D eigenvalue weighted by atomic mass is 19.1. The standard InChI is InChI=1S/C39H39FO/c1-5-35-30(21-18-28-10-7-13-32(22-28)39(41)6-2)11-9-15-36(35)38-25-33(29-19-16-26(3)17-20-29)24-37(38)27(4)31-12-8-14-34(40)23-31/h7-17,19-20,22-24,37-38H,4-6,18,21,25H2,1-3H3. The maximum Gasteiger partial charge on any atom is 0.162 e. The van der Waals surface area contributed by atoms with Gasteiger partial charge in [-0.3, -0.25) is 4.79 Å². The molecule has 0 amide bonds. The second-order valence-electron chi connectivity index (χ2n) is 11.2. The van der Waals surface area contributed by atoms with Crippen molar-refractivity contribution in [3.8, 4) is 0 Å². The molecule has 0 N–H and O–H groups in total. The van der Waals surface area contributed by atoms with Gasteiger partial charge in [0.2, 0.25) is 0 Å². The van der Waals surface area contributed by atoms with Crippen LogP contribution in [0.1, 0.15) is 81.9 Å². The number of hydrogen-bond acceptors (Lipinski definition) is 1. The molecule has 0 fully saturated rings. The minimum absolute atomic E-state index is 0.0744. The first kappa shape index (κ1) is 28.5. The van der Waals surface area contributed by atoms with Crippen molar-refractivity contribution < 1.29 is 9.18 Å². The second kappa shape index (κ2) is 12.6. The first-order chi connectivity index (χ1) is 19.9. The molecule has 0 heterocycles. The molecule has 0 aliphatic heterocycles. The number of carbonyl (C=O) groups is 1. The number of ketones is 1. The molecule has 0 spiro atoms. The van der Waals surface area contributed by atoms with E-state index >= 15 is 0 Å². The highest BCUT2D eigenvalue weighted by Gasteiger charge is 2.33. The fourth-order valence-corrected chi connectivity index (χ4v) is 6.32. The Morgan fingerprint density at radius 2 is 1.61 bits per heavy atom. The van der Waals surface area contributed by atoms with E-state index in [0.717, 1.165) is 42.4 Å². The van der Waals surface area contributed by atoms with Crippen LogP contribution in [0.3, 0.4) is 0 Å². The summed E-state index contributed by atoms with van der Waals surface area (Å²) in [6, 6.07) is 30.4. The van der Waals surface area contributed by atoms with Gasteiger partial charge in [0.05, 0.1) is 0 Å². The number of aryl methyl sites for hydroxylation is 3. The van der Waals surface area contributed by atoms with Gasteiger partial charge in [-0.2, -0.15) is 0 Å². The normalized spacial score (nSPS) is 16.4. The zero-order chi connectivity index (χ0) is 28.9. The Labute approximate surface area is 244 Å². The summed E-state index contributed by atoms with van der Waals surface area (Å²) in [5, 5.41) is 0. The van der Waals surface area contributed by atoms with Crippen LogP contribution in [0, 0.1) is 18.7 Å². The first-order valence-corrected chi connectivity index (χ1v) is 14.8. The molecular weight excluding hydrogens is 503 g/mol. The number of halogens is 1. The van der Waals surface area contributed by atoms with Gasteiger partial charge in [0.25, 0.3) is 0 Å². The third-order valence-electron chi connectivity index (χ3n) is 8.59. The number of Topliss-reactive ketones (excluding diaryl/α,β-unsaturated/α-hetero) is 1. The van der Waals surface area contributed by atoms with Crippen LogP contribution < -0.4 is 0 Å². The van der Waals surface area contributed by atoms with E-state index in [1.807, 2.05) is 25.1 Å². The molecule has 208 valence electrons. The van der Waals surface area contributed by atoms with E-state index < -0.39 is 0 Å². The van der Waals surface area contributed by atoms with Gasteiger partial charge in [-0.1, -0.05) is 105 Å². The third-order valence-corrected chi connectivity index (χ3v) is 8.59. The summed E-state index contributed by atoms with van der Waals surface area (Å²) in [6.07, 6.45) is 6.55. The maximum absolute atomic E-state index is 14.2. The van der Waals surface area contributed by atoms with Crippen molar-refractivity contribution in [2.75, 3.05) is 0 Å². The van der Waals surface area contributed by atoms with Crippen molar-refractivity contribution in [2.45, 2.75) is 58.8 Å². The fraction of sp³-hybridized carbons (Fsp3) is 0.256. The minimum atomic E-state index is -0.234. The Morgan fingerprint density at radius 3 is 2.34 bits per heavy atom. The zero-order valence-corrected chi connectivity index (χ0v) is 24.4. The summed E-state index contributed by atoms with van der Waals surface area (Å²) in [6.45, 7) is 10.8. The molecule has 4 aromatic carbocycles. The van der Waals surface area contributed by atoms with Crippen molar-refractivity contribution in [3.05, 3.63) is 154 Å². The van der Waals surface area contributed by atoms with Gasteiger partial charge in [-0.25, -0.2) is 4.39 Å². The molecule has 2 heteroatoms. The van der Waals surface area contributed by atoms with E-state index in [-0.39, 0.29) is 23.4 Å². The average molecular weight is 543 g/mol. The average Bonchev–Trinajstić information content (AvgIpc) is 3.44. The highest BCUT2D eigenvalue weighted by molar-refractivity contribution is 5.96. The van der Waals surface area contributed by atoms with Crippen molar-refractivity contribution in [1.29, 1.82) is 0 Å². The molecule has 0 radical (unpaired) electrons. The van der Waals surface area contributed by atoms with Crippen LogP contribution in [0.25, 0.3) is 11.1 Å². The number of benzene rings is 4. The lowest BCUT2D eigenvalue weighted by Gasteiger charge is -2.26. The lowest BCUT2D eigenvalue weighted by atomic mass is 9.78. The Hall–Kier alpha value is -4.04. The largest absolute Gasteiger partial charge is 0.294 e. The van der Waals surface area contributed by atoms with Crippen molar-refractivity contribution in [3.63, 3.8) is 0 Å². The number of rotatable bonds is 10. The molecule has 0 saturated heterocycles. The Morgan fingerprint density at radius 1 is 0.878 bits per heavy atom. The van der Waals surface area contributed by atoms with Gasteiger partial charge in [0.15, 0.2) is 5.78 Å². The molecule has 5 rings (SSSR count). The van der Waals surface area contributed by atoms with Crippen LogP contribution >= 0.6 is 0 Å². The van der Waals surface area contributed by atoms with Crippen LogP contribution in [0.5, 0.6) is 0 Å². The lowest BCUT2D eigenvalue weighted by molar-refractivity contribution is 0.0988. The first-order valence-electron chi connectivity index (χ1n) is 14.8. The van der Waals surface area contributed by atoms with E-state index in [1.165, 1.54) is 45.0 Å². The summed E-state index contributed by atoms with van der Waals surface area (Å²) in [5.41, 5.74) is 11.7. The number of carbonyl (C=O) groups excluding carboxylic acids is 1. The van der Waals surface area contributed by atoms with Gasteiger partial charge in [-0.15, -0.1) is 0 Å². The molecule has 1 aliphatic carbocycles. The van der Waals surface area contributed by atoms with E-state index in [9.17, 15) is 9.18 Å². The van der Waals surface area contributed by atoms with Crippen molar-refractivity contribution in [1.82, 2.24) is 0 Å². The maximum atomic E-state index is 14.2. The molecule has 1 aliphatic rings. The molecule has 2 unspecified atom stereocenters. The van der Waals surface area contributed by atoms with Gasteiger partial charge in [0, 0.05) is 17.9 Å². The second-order valence-corrected chi connectivity index (χ2v) is 11.2. The van der Waals surface area contributed by atoms with Crippen LogP contribution in [-0.4, -0.2) is 5.78 Å². The summed E-state index contributed by atoms with van der Waals surface area (Å²) in [4.78, 5) is 12.3. The van der Waals surface area contributed by atoms with Crippen LogP contribution in [0.4, 0.5) is 4.39 Å². The monoisotopic (exact) mass is 542 g/mol. The zero-order valence-electron chi connectivity index (χ0n) is 24.4. The van der Waals surface area contributed by atoms with Crippen molar-refractivity contribution >= 4 is 16.9 Å².